The van der Waals surface area contributed by atoms with Gasteiger partial charge in [-0.25, -0.2) is 4.98 Å². The van der Waals surface area contributed by atoms with Crippen LogP contribution in [0.4, 0.5) is 0 Å². The Bertz CT molecular complexity index is 533. The highest BCUT2D eigenvalue weighted by atomic mass is 32.1. The van der Waals surface area contributed by atoms with Crippen LogP contribution in [0.15, 0.2) is 24.1 Å². The maximum Gasteiger partial charge on any atom is 0.261 e. The molecular formula is C13H18N4OS. The van der Waals surface area contributed by atoms with E-state index >= 15 is 0 Å². The summed E-state index contributed by atoms with van der Waals surface area (Å²) in [5.41, 5.74) is 1.12. The summed E-state index contributed by atoms with van der Waals surface area (Å²) < 4.78 is 1.74. The van der Waals surface area contributed by atoms with Gasteiger partial charge in [-0.2, -0.15) is 5.10 Å². The lowest BCUT2D eigenvalue weighted by Gasteiger charge is -2.21. The van der Waals surface area contributed by atoms with E-state index in [9.17, 15) is 4.79 Å². The first-order valence-corrected chi connectivity index (χ1v) is 7.12. The molecule has 0 bridgehead atoms. The molecule has 0 aliphatic rings. The number of carbonyl (C=O) groups excluding carboxylic acids is 1. The van der Waals surface area contributed by atoms with E-state index in [1.807, 2.05) is 18.4 Å². The Labute approximate surface area is 116 Å². The molecule has 0 aromatic carbocycles. The molecule has 2 heterocycles. The summed E-state index contributed by atoms with van der Waals surface area (Å²) in [7, 11) is 0. The number of rotatable bonds is 5. The van der Waals surface area contributed by atoms with E-state index in [1.54, 1.807) is 11.0 Å². The molecule has 1 N–H and O–H groups in total. The maximum absolute atomic E-state index is 12.2. The molecule has 1 amide bonds. The molecule has 5 nitrogen and oxygen atoms in total. The van der Waals surface area contributed by atoms with Gasteiger partial charge in [0.1, 0.15) is 12.7 Å². The molecule has 1 unspecified atom stereocenters. The van der Waals surface area contributed by atoms with Gasteiger partial charge in [0.2, 0.25) is 0 Å². The smallest absolute Gasteiger partial charge is 0.261 e. The first-order valence-electron chi connectivity index (χ1n) is 6.24. The van der Waals surface area contributed by atoms with Gasteiger partial charge in [0.15, 0.2) is 0 Å². The highest BCUT2D eigenvalue weighted by Gasteiger charge is 2.18. The number of hydrogen-bond donors (Lipinski definition) is 1. The van der Waals surface area contributed by atoms with Crippen LogP contribution < -0.4 is 5.32 Å². The van der Waals surface area contributed by atoms with Gasteiger partial charge in [0.25, 0.3) is 5.91 Å². The molecule has 1 atom stereocenters. The quantitative estimate of drug-likeness (QED) is 0.911. The molecule has 2 aromatic heterocycles. The normalized spacial score (nSPS) is 12.6. The van der Waals surface area contributed by atoms with Gasteiger partial charge in [0, 0.05) is 0 Å². The van der Waals surface area contributed by atoms with Gasteiger partial charge in [-0.1, -0.05) is 13.8 Å². The zero-order chi connectivity index (χ0) is 13.8. The number of thiophene rings is 1. The fourth-order valence-electron chi connectivity index (χ4n) is 1.74. The number of carbonyl (C=O) groups is 1. The molecular weight excluding hydrogens is 260 g/mol. The first kappa shape index (κ1) is 13.7. The second kappa shape index (κ2) is 5.97. The van der Waals surface area contributed by atoms with Crippen LogP contribution in [0.2, 0.25) is 0 Å². The lowest BCUT2D eigenvalue weighted by atomic mass is 10.0. The van der Waals surface area contributed by atoms with Crippen LogP contribution in [0.25, 0.3) is 0 Å². The fraction of sp³-hybridized carbons (Fsp3) is 0.462. The van der Waals surface area contributed by atoms with Crippen molar-refractivity contribution in [3.63, 3.8) is 0 Å². The summed E-state index contributed by atoms with van der Waals surface area (Å²) >= 11 is 1.47. The van der Waals surface area contributed by atoms with Crippen molar-refractivity contribution in [1.29, 1.82) is 0 Å². The van der Waals surface area contributed by atoms with Gasteiger partial charge in [-0.05, 0) is 29.9 Å². The van der Waals surface area contributed by atoms with Crippen LogP contribution >= 0.6 is 11.3 Å². The van der Waals surface area contributed by atoms with Crippen molar-refractivity contribution in [3.8, 4) is 0 Å². The molecule has 102 valence electrons. The number of amides is 1. The summed E-state index contributed by atoms with van der Waals surface area (Å²) in [5, 5.41) is 9.13. The van der Waals surface area contributed by atoms with E-state index in [2.05, 4.69) is 29.2 Å². The van der Waals surface area contributed by atoms with Gasteiger partial charge >= 0.3 is 0 Å². The van der Waals surface area contributed by atoms with Crippen LogP contribution in [0, 0.1) is 12.8 Å². The van der Waals surface area contributed by atoms with Crippen molar-refractivity contribution in [1.82, 2.24) is 20.1 Å². The number of aryl methyl sites for hydroxylation is 1. The molecule has 19 heavy (non-hydrogen) atoms. The summed E-state index contributed by atoms with van der Waals surface area (Å²) in [6, 6.07) is 1.95. The van der Waals surface area contributed by atoms with Crippen molar-refractivity contribution in [2.45, 2.75) is 33.4 Å². The van der Waals surface area contributed by atoms with E-state index in [0.717, 1.165) is 10.4 Å². The van der Waals surface area contributed by atoms with Crippen molar-refractivity contribution < 1.29 is 4.79 Å². The van der Waals surface area contributed by atoms with Crippen LogP contribution in [0.5, 0.6) is 0 Å². The average molecular weight is 278 g/mol. The topological polar surface area (TPSA) is 59.8 Å². The molecule has 0 radical (unpaired) electrons. The Morgan fingerprint density at radius 2 is 2.32 bits per heavy atom. The Kier molecular flexibility index (Phi) is 4.31. The minimum absolute atomic E-state index is 0.0167. The molecule has 0 aliphatic carbocycles. The predicted molar refractivity (Wildman–Crippen MR) is 75.2 cm³/mol. The van der Waals surface area contributed by atoms with Gasteiger partial charge < -0.3 is 5.32 Å². The van der Waals surface area contributed by atoms with Crippen molar-refractivity contribution in [2.75, 3.05) is 0 Å². The zero-order valence-corrected chi connectivity index (χ0v) is 12.1. The summed E-state index contributed by atoms with van der Waals surface area (Å²) in [4.78, 5) is 16.8. The zero-order valence-electron chi connectivity index (χ0n) is 11.3. The average Bonchev–Trinajstić information content (AvgIpc) is 2.99. The van der Waals surface area contributed by atoms with Crippen molar-refractivity contribution >= 4 is 17.2 Å². The van der Waals surface area contributed by atoms with E-state index in [0.29, 0.717) is 12.5 Å². The maximum atomic E-state index is 12.2. The standard InChI is InChI=1S/C13H18N4OS/c1-9(2)11(5-17-8-14-7-15-17)16-13(18)12-4-10(3)6-19-12/h4,6-9,11H,5H2,1-3H3,(H,16,18). The number of nitrogens with zero attached hydrogens (tertiary/aromatic N) is 3. The minimum Gasteiger partial charge on any atom is -0.346 e. The van der Waals surface area contributed by atoms with Crippen LogP contribution in [-0.4, -0.2) is 26.7 Å². The molecule has 0 fully saturated rings. The fourth-order valence-corrected chi connectivity index (χ4v) is 2.54. The largest absolute Gasteiger partial charge is 0.346 e. The van der Waals surface area contributed by atoms with E-state index < -0.39 is 0 Å². The third-order valence-corrected chi connectivity index (χ3v) is 3.97. The first-order chi connectivity index (χ1) is 9.06. The molecule has 6 heteroatoms. The molecule has 0 saturated carbocycles. The number of hydrogen-bond acceptors (Lipinski definition) is 4. The Morgan fingerprint density at radius 3 is 2.84 bits per heavy atom. The summed E-state index contributed by atoms with van der Waals surface area (Å²) in [6.45, 7) is 6.79. The summed E-state index contributed by atoms with van der Waals surface area (Å²) in [5.74, 6) is 0.311. The van der Waals surface area contributed by atoms with E-state index in [-0.39, 0.29) is 11.9 Å². The van der Waals surface area contributed by atoms with Crippen molar-refractivity contribution in [3.05, 3.63) is 34.5 Å². The Morgan fingerprint density at radius 1 is 1.53 bits per heavy atom. The molecule has 2 aromatic rings. The second-order valence-electron chi connectivity index (χ2n) is 4.93. The highest BCUT2D eigenvalue weighted by molar-refractivity contribution is 7.12. The Balaban J connectivity index is 2.02. The SMILES string of the molecule is Cc1csc(C(=O)NC(Cn2cncn2)C(C)C)c1. The highest BCUT2D eigenvalue weighted by Crippen LogP contribution is 2.14. The minimum atomic E-state index is -0.0167. The summed E-state index contributed by atoms with van der Waals surface area (Å²) in [6.07, 6.45) is 3.17. The van der Waals surface area contributed by atoms with Crippen LogP contribution in [0.1, 0.15) is 29.1 Å². The molecule has 2 rings (SSSR count). The van der Waals surface area contributed by atoms with Crippen LogP contribution in [-0.2, 0) is 6.54 Å². The number of aromatic nitrogens is 3. The van der Waals surface area contributed by atoms with E-state index in [4.69, 9.17) is 0 Å². The monoisotopic (exact) mass is 278 g/mol. The van der Waals surface area contributed by atoms with Crippen LogP contribution in [0.3, 0.4) is 0 Å². The van der Waals surface area contributed by atoms with Gasteiger partial charge in [-0.15, -0.1) is 11.3 Å². The predicted octanol–water partition coefficient (Wildman–Crippen LogP) is 2.10. The molecule has 0 saturated heterocycles. The van der Waals surface area contributed by atoms with Crippen molar-refractivity contribution in [2.24, 2.45) is 5.92 Å². The second-order valence-corrected chi connectivity index (χ2v) is 5.84. The third kappa shape index (κ3) is 3.64. The molecule has 0 aliphatic heterocycles. The van der Waals surface area contributed by atoms with Gasteiger partial charge in [0.05, 0.1) is 17.5 Å². The number of nitrogens with one attached hydrogen (secondary N) is 1. The third-order valence-electron chi connectivity index (χ3n) is 2.93. The Hall–Kier alpha value is -1.69. The van der Waals surface area contributed by atoms with E-state index in [1.165, 1.54) is 17.7 Å². The van der Waals surface area contributed by atoms with Gasteiger partial charge in [-0.3, -0.25) is 9.48 Å². The lowest BCUT2D eigenvalue weighted by Crippen LogP contribution is -2.41. The molecule has 0 spiro atoms. The lowest BCUT2D eigenvalue weighted by molar-refractivity contribution is 0.0923.